The highest BCUT2D eigenvalue weighted by molar-refractivity contribution is 5.54. The highest BCUT2D eigenvalue weighted by atomic mass is 16.5. The van der Waals surface area contributed by atoms with E-state index in [9.17, 15) is 0 Å². The Kier molecular flexibility index (Phi) is 4.47. The molecule has 0 N–H and O–H groups in total. The molecule has 0 spiro atoms. The highest BCUT2D eigenvalue weighted by Crippen LogP contribution is 2.38. The van der Waals surface area contributed by atoms with Crippen molar-refractivity contribution in [1.29, 1.82) is 0 Å². The van der Waals surface area contributed by atoms with E-state index < -0.39 is 0 Å². The first kappa shape index (κ1) is 12.7. The van der Waals surface area contributed by atoms with Crippen molar-refractivity contribution in [3.8, 4) is 17.2 Å². The summed E-state index contributed by atoms with van der Waals surface area (Å²) in [4.78, 5) is 0. The summed E-state index contributed by atoms with van der Waals surface area (Å²) in [6.07, 6.45) is 0.913. The van der Waals surface area contributed by atoms with Crippen LogP contribution in [0.25, 0.3) is 0 Å². The SMILES string of the molecule is COc1cc(C[C](C)C)cc(OC)c1OC. The predicted molar refractivity (Wildman–Crippen MR) is 64.4 cm³/mol. The third-order valence-corrected chi connectivity index (χ3v) is 2.28. The van der Waals surface area contributed by atoms with E-state index in [1.807, 2.05) is 12.1 Å². The third-order valence-electron chi connectivity index (χ3n) is 2.28. The minimum absolute atomic E-state index is 0.641. The molecule has 16 heavy (non-hydrogen) atoms. The van der Waals surface area contributed by atoms with Crippen molar-refractivity contribution >= 4 is 0 Å². The van der Waals surface area contributed by atoms with Crippen LogP contribution in [0.5, 0.6) is 17.2 Å². The Labute approximate surface area is 97.3 Å². The first-order valence-electron chi connectivity index (χ1n) is 5.20. The van der Waals surface area contributed by atoms with Crippen molar-refractivity contribution in [3.63, 3.8) is 0 Å². The molecule has 0 saturated heterocycles. The summed E-state index contributed by atoms with van der Waals surface area (Å²) in [7, 11) is 4.87. The standard InChI is InChI=1S/C13H19O3/c1-9(2)6-10-7-11(14-3)13(16-5)12(8-10)15-4/h7-8H,6H2,1-5H3. The van der Waals surface area contributed by atoms with Crippen molar-refractivity contribution in [2.45, 2.75) is 20.3 Å². The van der Waals surface area contributed by atoms with Gasteiger partial charge in [0.2, 0.25) is 5.75 Å². The van der Waals surface area contributed by atoms with Crippen LogP contribution in [0.4, 0.5) is 0 Å². The molecule has 0 aliphatic heterocycles. The monoisotopic (exact) mass is 223 g/mol. The number of rotatable bonds is 5. The lowest BCUT2D eigenvalue weighted by Gasteiger charge is -2.14. The quantitative estimate of drug-likeness (QED) is 0.768. The molecule has 0 aliphatic carbocycles. The fourth-order valence-corrected chi connectivity index (χ4v) is 1.65. The summed E-state index contributed by atoms with van der Waals surface area (Å²) < 4.78 is 15.8. The van der Waals surface area contributed by atoms with Gasteiger partial charge in [0.25, 0.3) is 0 Å². The lowest BCUT2D eigenvalue weighted by atomic mass is 10.0. The first-order chi connectivity index (χ1) is 7.62. The second-order valence-electron chi connectivity index (χ2n) is 3.92. The second-order valence-corrected chi connectivity index (χ2v) is 3.92. The highest BCUT2D eigenvalue weighted by Gasteiger charge is 2.13. The number of hydrogen-bond acceptors (Lipinski definition) is 3. The average Bonchev–Trinajstić information content (AvgIpc) is 2.26. The van der Waals surface area contributed by atoms with Crippen molar-refractivity contribution in [3.05, 3.63) is 23.6 Å². The van der Waals surface area contributed by atoms with E-state index in [0.29, 0.717) is 17.2 Å². The molecule has 1 radical (unpaired) electrons. The fraction of sp³-hybridized carbons (Fsp3) is 0.462. The van der Waals surface area contributed by atoms with Crippen LogP contribution in [0.15, 0.2) is 12.1 Å². The van der Waals surface area contributed by atoms with Gasteiger partial charge in [0.05, 0.1) is 21.3 Å². The topological polar surface area (TPSA) is 27.7 Å². The van der Waals surface area contributed by atoms with Gasteiger partial charge in [-0.15, -0.1) is 0 Å². The van der Waals surface area contributed by atoms with Gasteiger partial charge in [-0.2, -0.15) is 0 Å². The molecule has 89 valence electrons. The summed E-state index contributed by atoms with van der Waals surface area (Å²) in [5.74, 6) is 3.40. The Morgan fingerprint density at radius 2 is 1.44 bits per heavy atom. The van der Waals surface area contributed by atoms with Crippen LogP contribution in [-0.2, 0) is 6.42 Å². The van der Waals surface area contributed by atoms with Crippen LogP contribution in [0.1, 0.15) is 19.4 Å². The zero-order valence-electron chi connectivity index (χ0n) is 10.6. The Balaban J connectivity index is 3.15. The van der Waals surface area contributed by atoms with Crippen LogP contribution >= 0.6 is 0 Å². The molecule has 0 unspecified atom stereocenters. The molecule has 0 fully saturated rings. The molecular formula is C13H19O3. The van der Waals surface area contributed by atoms with Gasteiger partial charge in [0, 0.05) is 0 Å². The van der Waals surface area contributed by atoms with Gasteiger partial charge in [-0.3, -0.25) is 0 Å². The van der Waals surface area contributed by atoms with Gasteiger partial charge in [-0.05, 0) is 30.0 Å². The molecule has 0 amide bonds. The summed E-state index contributed by atoms with van der Waals surface area (Å²) in [5.41, 5.74) is 1.16. The van der Waals surface area contributed by atoms with Crippen molar-refractivity contribution in [2.24, 2.45) is 0 Å². The van der Waals surface area contributed by atoms with Gasteiger partial charge in [-0.1, -0.05) is 13.8 Å². The van der Waals surface area contributed by atoms with Crippen LogP contribution in [-0.4, -0.2) is 21.3 Å². The van der Waals surface area contributed by atoms with Gasteiger partial charge < -0.3 is 14.2 Å². The van der Waals surface area contributed by atoms with E-state index in [1.165, 1.54) is 5.92 Å². The Morgan fingerprint density at radius 1 is 0.938 bits per heavy atom. The molecule has 0 bridgehead atoms. The lowest BCUT2D eigenvalue weighted by Crippen LogP contribution is -1.98. The Morgan fingerprint density at radius 3 is 1.75 bits per heavy atom. The van der Waals surface area contributed by atoms with Gasteiger partial charge >= 0.3 is 0 Å². The molecule has 3 nitrogen and oxygen atoms in total. The molecule has 3 heteroatoms. The molecule has 1 rings (SSSR count). The van der Waals surface area contributed by atoms with Crippen LogP contribution in [0.3, 0.4) is 0 Å². The largest absolute Gasteiger partial charge is 0.493 e. The van der Waals surface area contributed by atoms with Gasteiger partial charge in [0.15, 0.2) is 11.5 Å². The number of ether oxygens (including phenoxy) is 3. The van der Waals surface area contributed by atoms with Crippen LogP contribution < -0.4 is 14.2 Å². The molecule has 0 aromatic heterocycles. The van der Waals surface area contributed by atoms with E-state index in [0.717, 1.165) is 12.0 Å². The van der Waals surface area contributed by atoms with E-state index >= 15 is 0 Å². The Bertz CT molecular complexity index is 320. The normalized spacial score (nSPS) is 10.4. The summed E-state index contributed by atoms with van der Waals surface area (Å²) in [6.45, 7) is 4.20. The molecule has 1 aromatic carbocycles. The zero-order valence-corrected chi connectivity index (χ0v) is 10.6. The number of benzene rings is 1. The van der Waals surface area contributed by atoms with Crippen molar-refractivity contribution in [2.75, 3.05) is 21.3 Å². The number of hydrogen-bond donors (Lipinski definition) is 0. The molecule has 0 atom stereocenters. The Hall–Kier alpha value is -1.38. The summed E-state index contributed by atoms with van der Waals surface area (Å²) in [6, 6.07) is 3.96. The molecular weight excluding hydrogens is 204 g/mol. The summed E-state index contributed by atoms with van der Waals surface area (Å²) in [5, 5.41) is 0. The fourth-order valence-electron chi connectivity index (χ4n) is 1.65. The van der Waals surface area contributed by atoms with Crippen molar-refractivity contribution in [1.82, 2.24) is 0 Å². The molecule has 1 aromatic rings. The minimum atomic E-state index is 0.641. The summed E-state index contributed by atoms with van der Waals surface area (Å²) >= 11 is 0. The van der Waals surface area contributed by atoms with E-state index in [4.69, 9.17) is 14.2 Å². The van der Waals surface area contributed by atoms with E-state index in [-0.39, 0.29) is 0 Å². The maximum atomic E-state index is 5.29. The molecule has 0 aliphatic rings. The maximum Gasteiger partial charge on any atom is 0.203 e. The van der Waals surface area contributed by atoms with Gasteiger partial charge in [0.1, 0.15) is 0 Å². The maximum absolute atomic E-state index is 5.29. The molecule has 0 saturated carbocycles. The smallest absolute Gasteiger partial charge is 0.203 e. The first-order valence-corrected chi connectivity index (χ1v) is 5.20. The van der Waals surface area contributed by atoms with E-state index in [2.05, 4.69) is 13.8 Å². The van der Waals surface area contributed by atoms with E-state index in [1.54, 1.807) is 21.3 Å². The van der Waals surface area contributed by atoms with Crippen LogP contribution in [0.2, 0.25) is 0 Å². The molecule has 0 heterocycles. The minimum Gasteiger partial charge on any atom is -0.493 e. The van der Waals surface area contributed by atoms with Gasteiger partial charge in [-0.25, -0.2) is 0 Å². The van der Waals surface area contributed by atoms with Crippen molar-refractivity contribution < 1.29 is 14.2 Å². The second kappa shape index (κ2) is 5.64. The van der Waals surface area contributed by atoms with Crippen LogP contribution in [0, 0.1) is 5.92 Å². The lowest BCUT2D eigenvalue weighted by molar-refractivity contribution is 0.324. The zero-order chi connectivity index (χ0) is 12.1. The third kappa shape index (κ3) is 2.81. The number of methoxy groups -OCH3 is 3. The predicted octanol–water partition coefficient (Wildman–Crippen LogP) is 2.87. The average molecular weight is 223 g/mol.